The van der Waals surface area contributed by atoms with Gasteiger partial charge in [-0.15, -0.1) is 0 Å². The van der Waals surface area contributed by atoms with Crippen LogP contribution >= 0.6 is 0 Å². The lowest BCUT2D eigenvalue weighted by Crippen LogP contribution is -2.25. The molecule has 0 atom stereocenters. The molecule has 1 aromatic heterocycles. The second-order valence-electron chi connectivity index (χ2n) is 4.77. The van der Waals surface area contributed by atoms with Crippen molar-refractivity contribution in [1.29, 1.82) is 0 Å². The van der Waals surface area contributed by atoms with Gasteiger partial charge < -0.3 is 19.7 Å². The third-order valence-corrected chi connectivity index (χ3v) is 2.91. The third-order valence-electron chi connectivity index (χ3n) is 2.91. The number of carbonyl (C=O) groups is 2. The average molecular weight is 319 g/mol. The zero-order valence-corrected chi connectivity index (χ0v) is 12.6. The maximum absolute atomic E-state index is 12.1. The van der Waals surface area contributed by atoms with E-state index in [-0.39, 0.29) is 25.5 Å². The zero-order chi connectivity index (χ0) is 16.7. The van der Waals surface area contributed by atoms with Crippen LogP contribution in [-0.4, -0.2) is 33.7 Å². The van der Waals surface area contributed by atoms with Crippen molar-refractivity contribution in [2.24, 2.45) is 0 Å². The molecule has 2 rings (SSSR count). The van der Waals surface area contributed by atoms with Crippen LogP contribution in [-0.2, 0) is 11.4 Å². The van der Waals surface area contributed by atoms with E-state index in [0.717, 1.165) is 0 Å². The number of hydrogen-bond acceptors (Lipinski definition) is 6. The summed E-state index contributed by atoms with van der Waals surface area (Å²) in [4.78, 5) is 26.6. The number of para-hydroxylation sites is 1. The smallest absolute Gasteiger partial charge is 0.303 e. The predicted molar refractivity (Wildman–Crippen MR) is 79.0 cm³/mol. The fourth-order valence-corrected chi connectivity index (χ4v) is 1.86. The molecule has 0 fully saturated rings. The standard InChI is InChI=1S/C15H17N3O5/c1-10-17-13(18-23-10)9-22-12-6-3-2-5-11(12)15(21)16-8-4-7-14(19)20/h2-3,5-6H,4,7-9H2,1H3,(H,16,21)(H,19,20). The highest BCUT2D eigenvalue weighted by molar-refractivity contribution is 5.96. The van der Waals surface area contributed by atoms with Crippen molar-refractivity contribution in [3.8, 4) is 5.75 Å². The van der Waals surface area contributed by atoms with E-state index in [0.29, 0.717) is 29.4 Å². The summed E-state index contributed by atoms with van der Waals surface area (Å²) in [5.41, 5.74) is 0.364. The van der Waals surface area contributed by atoms with Crippen molar-refractivity contribution in [2.75, 3.05) is 6.54 Å². The number of amides is 1. The molecule has 1 heterocycles. The van der Waals surface area contributed by atoms with Crippen LogP contribution in [0.2, 0.25) is 0 Å². The van der Waals surface area contributed by atoms with Gasteiger partial charge in [-0.05, 0) is 18.6 Å². The highest BCUT2D eigenvalue weighted by atomic mass is 16.5. The number of rotatable bonds is 8. The quantitative estimate of drug-likeness (QED) is 0.709. The van der Waals surface area contributed by atoms with Gasteiger partial charge in [0.05, 0.1) is 5.56 Å². The van der Waals surface area contributed by atoms with Crippen molar-refractivity contribution in [3.05, 3.63) is 41.5 Å². The summed E-state index contributed by atoms with van der Waals surface area (Å²) in [5.74, 6) is 0.00610. The minimum atomic E-state index is -0.890. The Morgan fingerprint density at radius 3 is 2.83 bits per heavy atom. The van der Waals surface area contributed by atoms with Crippen LogP contribution in [0, 0.1) is 6.92 Å². The Kier molecular flexibility index (Phi) is 5.67. The molecule has 0 aliphatic rings. The van der Waals surface area contributed by atoms with Gasteiger partial charge >= 0.3 is 5.97 Å². The Bertz CT molecular complexity index is 683. The first kappa shape index (κ1) is 16.5. The van der Waals surface area contributed by atoms with Gasteiger partial charge in [-0.1, -0.05) is 17.3 Å². The highest BCUT2D eigenvalue weighted by Gasteiger charge is 2.13. The minimum absolute atomic E-state index is 0.00953. The second kappa shape index (κ2) is 7.92. The van der Waals surface area contributed by atoms with Crippen molar-refractivity contribution in [1.82, 2.24) is 15.5 Å². The Balaban J connectivity index is 1.93. The van der Waals surface area contributed by atoms with Crippen molar-refractivity contribution >= 4 is 11.9 Å². The van der Waals surface area contributed by atoms with E-state index in [2.05, 4.69) is 15.5 Å². The average Bonchev–Trinajstić information content (AvgIpc) is 2.95. The third kappa shape index (κ3) is 5.10. The number of carboxylic acid groups (broad SMARTS) is 1. The van der Waals surface area contributed by atoms with Gasteiger partial charge in [-0.25, -0.2) is 0 Å². The van der Waals surface area contributed by atoms with Gasteiger partial charge in [0.15, 0.2) is 6.61 Å². The maximum atomic E-state index is 12.1. The summed E-state index contributed by atoms with van der Waals surface area (Å²) >= 11 is 0. The van der Waals surface area contributed by atoms with E-state index in [9.17, 15) is 9.59 Å². The van der Waals surface area contributed by atoms with Gasteiger partial charge in [0.1, 0.15) is 5.75 Å². The number of aliphatic carboxylic acids is 1. The zero-order valence-electron chi connectivity index (χ0n) is 12.6. The first-order chi connectivity index (χ1) is 11.1. The van der Waals surface area contributed by atoms with Crippen molar-refractivity contribution < 1.29 is 24.0 Å². The fourth-order valence-electron chi connectivity index (χ4n) is 1.86. The first-order valence-electron chi connectivity index (χ1n) is 7.07. The SMILES string of the molecule is Cc1nc(COc2ccccc2C(=O)NCCCC(=O)O)no1. The van der Waals surface area contributed by atoms with E-state index in [4.69, 9.17) is 14.4 Å². The lowest BCUT2D eigenvalue weighted by Gasteiger charge is -2.10. The molecule has 8 nitrogen and oxygen atoms in total. The molecular weight excluding hydrogens is 302 g/mol. The summed E-state index contributed by atoms with van der Waals surface area (Å²) in [7, 11) is 0. The largest absolute Gasteiger partial charge is 0.485 e. The van der Waals surface area contributed by atoms with Crippen LogP contribution in [0.25, 0.3) is 0 Å². The van der Waals surface area contributed by atoms with Gasteiger partial charge in [-0.2, -0.15) is 4.98 Å². The predicted octanol–water partition coefficient (Wildman–Crippen LogP) is 1.55. The summed E-state index contributed by atoms with van der Waals surface area (Å²) in [5, 5.41) is 14.9. The molecule has 0 saturated heterocycles. The van der Waals surface area contributed by atoms with Crippen LogP contribution in [0.3, 0.4) is 0 Å². The summed E-state index contributed by atoms with van der Waals surface area (Å²) in [6.07, 6.45) is 0.377. The van der Waals surface area contributed by atoms with E-state index < -0.39 is 5.97 Å². The van der Waals surface area contributed by atoms with Crippen LogP contribution < -0.4 is 10.1 Å². The van der Waals surface area contributed by atoms with E-state index in [1.807, 2.05) is 0 Å². The Labute approximate surface area is 132 Å². The van der Waals surface area contributed by atoms with Gasteiger partial charge in [-0.3, -0.25) is 9.59 Å². The topological polar surface area (TPSA) is 115 Å². The number of nitrogens with zero attached hydrogens (tertiary/aromatic N) is 2. The molecule has 1 aromatic carbocycles. The van der Waals surface area contributed by atoms with E-state index in [1.165, 1.54) is 0 Å². The lowest BCUT2D eigenvalue weighted by molar-refractivity contribution is -0.137. The van der Waals surface area contributed by atoms with Crippen LogP contribution in [0.1, 0.15) is 34.9 Å². The minimum Gasteiger partial charge on any atom is -0.485 e. The van der Waals surface area contributed by atoms with Gasteiger partial charge in [0, 0.05) is 19.9 Å². The molecule has 0 radical (unpaired) electrons. The Morgan fingerprint density at radius 2 is 2.13 bits per heavy atom. The second-order valence-corrected chi connectivity index (χ2v) is 4.77. The van der Waals surface area contributed by atoms with E-state index >= 15 is 0 Å². The van der Waals surface area contributed by atoms with E-state index in [1.54, 1.807) is 31.2 Å². The van der Waals surface area contributed by atoms with Crippen LogP contribution in [0.5, 0.6) is 5.75 Å². The molecule has 0 bridgehead atoms. The molecule has 1 amide bonds. The van der Waals surface area contributed by atoms with Gasteiger partial charge in [0.2, 0.25) is 11.7 Å². The number of ether oxygens (including phenoxy) is 1. The number of carbonyl (C=O) groups excluding carboxylic acids is 1. The van der Waals surface area contributed by atoms with Crippen molar-refractivity contribution in [2.45, 2.75) is 26.4 Å². The van der Waals surface area contributed by atoms with Crippen molar-refractivity contribution in [3.63, 3.8) is 0 Å². The molecule has 2 N–H and O–H groups in total. The summed E-state index contributed by atoms with van der Waals surface area (Å²) < 4.78 is 10.4. The molecule has 23 heavy (non-hydrogen) atoms. The number of aromatic nitrogens is 2. The van der Waals surface area contributed by atoms with Gasteiger partial charge in [0.25, 0.3) is 5.91 Å². The fraction of sp³-hybridized carbons (Fsp3) is 0.333. The lowest BCUT2D eigenvalue weighted by atomic mass is 10.2. The van der Waals surface area contributed by atoms with Crippen LogP contribution in [0.15, 0.2) is 28.8 Å². The number of benzene rings is 1. The maximum Gasteiger partial charge on any atom is 0.303 e. The normalized spacial score (nSPS) is 10.3. The molecule has 0 aliphatic heterocycles. The summed E-state index contributed by atoms with van der Waals surface area (Å²) in [6.45, 7) is 2.04. The molecular formula is C15H17N3O5. The number of carboxylic acids is 1. The molecule has 8 heteroatoms. The number of hydrogen-bond donors (Lipinski definition) is 2. The Morgan fingerprint density at radius 1 is 1.35 bits per heavy atom. The molecule has 2 aromatic rings. The first-order valence-corrected chi connectivity index (χ1v) is 7.07. The summed E-state index contributed by atoms with van der Waals surface area (Å²) in [6, 6.07) is 6.76. The number of aryl methyl sites for hydroxylation is 1. The molecule has 0 saturated carbocycles. The van der Waals surface area contributed by atoms with Crippen LogP contribution in [0.4, 0.5) is 0 Å². The molecule has 0 aliphatic carbocycles. The highest BCUT2D eigenvalue weighted by Crippen LogP contribution is 2.19. The molecule has 0 unspecified atom stereocenters. The number of nitrogens with one attached hydrogen (secondary N) is 1. The molecule has 0 spiro atoms. The monoisotopic (exact) mass is 319 g/mol. The Hall–Kier alpha value is -2.90. The molecule has 122 valence electrons.